The highest BCUT2D eigenvalue weighted by Gasteiger charge is 2.26. The molecule has 0 aliphatic carbocycles. The third-order valence-electron chi connectivity index (χ3n) is 5.71. The Morgan fingerprint density at radius 3 is 2.61 bits per heavy atom. The van der Waals surface area contributed by atoms with Crippen molar-refractivity contribution in [3.05, 3.63) is 54.4 Å². The van der Waals surface area contributed by atoms with Crippen LogP contribution in [-0.4, -0.2) is 71.2 Å². The largest absolute Gasteiger partial charge is 0.445 e. The Bertz CT molecular complexity index is 1290. The summed E-state index contributed by atoms with van der Waals surface area (Å²) < 4.78 is 18.2. The summed E-state index contributed by atoms with van der Waals surface area (Å²) in [6.07, 6.45) is 1.83. The van der Waals surface area contributed by atoms with Crippen molar-refractivity contribution in [3.8, 4) is 17.2 Å². The van der Waals surface area contributed by atoms with Gasteiger partial charge in [-0.2, -0.15) is 10.1 Å². The van der Waals surface area contributed by atoms with Crippen molar-refractivity contribution in [1.82, 2.24) is 25.1 Å². The second-order valence-electron chi connectivity index (χ2n) is 7.99. The smallest absolute Gasteiger partial charge is 0.287 e. The number of anilines is 1. The molecule has 0 saturated carbocycles. The first-order valence-electron chi connectivity index (χ1n) is 10.9. The van der Waals surface area contributed by atoms with E-state index in [4.69, 9.17) is 18.9 Å². The van der Waals surface area contributed by atoms with Crippen LogP contribution in [0, 0.1) is 0 Å². The highest BCUT2D eigenvalue weighted by Crippen LogP contribution is 2.29. The Labute approximate surface area is 189 Å². The number of ether oxygens (including phenoxy) is 2. The molecule has 0 spiro atoms. The molecule has 1 amide bonds. The van der Waals surface area contributed by atoms with Gasteiger partial charge in [0.2, 0.25) is 0 Å². The Balaban J connectivity index is 1.40. The Morgan fingerprint density at radius 1 is 1.03 bits per heavy atom. The number of morpholine rings is 1. The second kappa shape index (κ2) is 8.30. The fourth-order valence-electron chi connectivity index (χ4n) is 3.88. The van der Waals surface area contributed by atoms with Gasteiger partial charge in [0, 0.05) is 30.9 Å². The number of hydrogen-bond acceptors (Lipinski definition) is 8. The van der Waals surface area contributed by atoms with Gasteiger partial charge < -0.3 is 24.1 Å². The molecule has 10 heteroatoms. The van der Waals surface area contributed by atoms with Crippen LogP contribution < -0.4 is 10.2 Å². The number of benzene rings is 1. The molecule has 33 heavy (non-hydrogen) atoms. The summed E-state index contributed by atoms with van der Waals surface area (Å²) in [6, 6.07) is 13.5. The lowest BCUT2D eigenvalue weighted by Gasteiger charge is -2.27. The first-order chi connectivity index (χ1) is 16.2. The molecule has 2 saturated heterocycles. The summed E-state index contributed by atoms with van der Waals surface area (Å²) in [5.74, 6) is 0.942. The predicted octanol–water partition coefficient (Wildman–Crippen LogP) is 2.04. The number of nitrogens with one attached hydrogen (secondary N) is 1. The Morgan fingerprint density at radius 2 is 1.85 bits per heavy atom. The van der Waals surface area contributed by atoms with Gasteiger partial charge in [0.15, 0.2) is 17.2 Å². The monoisotopic (exact) mass is 446 g/mol. The number of nitrogens with zero attached hydrogens (tertiary/aromatic N) is 5. The molecule has 0 radical (unpaired) electrons. The molecule has 168 valence electrons. The van der Waals surface area contributed by atoms with Crippen molar-refractivity contribution in [1.29, 1.82) is 0 Å². The molecule has 1 aromatic carbocycles. The van der Waals surface area contributed by atoms with Gasteiger partial charge in [-0.25, -0.2) is 9.67 Å². The van der Waals surface area contributed by atoms with Crippen LogP contribution in [0.25, 0.3) is 28.3 Å². The number of amides is 1. The van der Waals surface area contributed by atoms with Crippen LogP contribution in [-0.2, 0) is 9.47 Å². The normalized spacial score (nSPS) is 16.7. The van der Waals surface area contributed by atoms with E-state index in [1.165, 1.54) is 0 Å². The van der Waals surface area contributed by atoms with Gasteiger partial charge >= 0.3 is 0 Å². The molecule has 10 nitrogen and oxygen atoms in total. The lowest BCUT2D eigenvalue weighted by Crippen LogP contribution is -2.48. The van der Waals surface area contributed by atoms with Crippen molar-refractivity contribution in [2.24, 2.45) is 0 Å². The summed E-state index contributed by atoms with van der Waals surface area (Å²) in [4.78, 5) is 24.2. The number of carbonyl (C=O) groups excluding carboxylic acids is 1. The first kappa shape index (κ1) is 19.9. The van der Waals surface area contributed by atoms with Gasteiger partial charge in [0.05, 0.1) is 38.2 Å². The average Bonchev–Trinajstić information content (AvgIpc) is 3.49. The molecule has 3 aromatic heterocycles. The topological polar surface area (TPSA) is 108 Å². The molecule has 0 unspecified atom stereocenters. The van der Waals surface area contributed by atoms with E-state index in [2.05, 4.69) is 20.3 Å². The van der Waals surface area contributed by atoms with Crippen molar-refractivity contribution < 1.29 is 18.7 Å². The number of hydrogen-bond donors (Lipinski definition) is 1. The van der Waals surface area contributed by atoms with E-state index in [1.807, 2.05) is 42.6 Å². The van der Waals surface area contributed by atoms with Gasteiger partial charge in [0.25, 0.3) is 11.9 Å². The van der Waals surface area contributed by atoms with Crippen molar-refractivity contribution in [3.63, 3.8) is 0 Å². The van der Waals surface area contributed by atoms with E-state index in [0.717, 1.165) is 11.3 Å². The zero-order valence-corrected chi connectivity index (χ0v) is 17.8. The minimum atomic E-state index is -0.291. The molecule has 2 aliphatic heterocycles. The van der Waals surface area contributed by atoms with Crippen LogP contribution in [0.5, 0.6) is 0 Å². The SMILES string of the molecule is O=C(NC1COC1)c1cc2nc(-n3ccc(-c4ccccc4)n3)nc(N3CCOCC3)c2o1. The van der Waals surface area contributed by atoms with E-state index in [1.54, 1.807) is 10.7 Å². The van der Waals surface area contributed by atoms with Crippen LogP contribution >= 0.6 is 0 Å². The molecule has 2 aliphatic rings. The van der Waals surface area contributed by atoms with Gasteiger partial charge in [0.1, 0.15) is 5.52 Å². The number of fused-ring (bicyclic) bond motifs is 1. The van der Waals surface area contributed by atoms with Crippen LogP contribution in [0.3, 0.4) is 0 Å². The second-order valence-corrected chi connectivity index (χ2v) is 7.99. The Kier molecular flexibility index (Phi) is 5.00. The minimum absolute atomic E-state index is 0.00607. The van der Waals surface area contributed by atoms with E-state index in [9.17, 15) is 4.79 Å². The highest BCUT2D eigenvalue weighted by atomic mass is 16.5. The number of furan rings is 1. The molecule has 0 atom stereocenters. The molecule has 2 fully saturated rings. The summed E-state index contributed by atoms with van der Waals surface area (Å²) in [5.41, 5.74) is 2.86. The average molecular weight is 446 g/mol. The van der Waals surface area contributed by atoms with Crippen molar-refractivity contribution in [2.75, 3.05) is 44.4 Å². The van der Waals surface area contributed by atoms with Gasteiger partial charge in [-0.05, 0) is 6.07 Å². The fraction of sp³-hybridized carbons (Fsp3) is 0.304. The van der Waals surface area contributed by atoms with Gasteiger partial charge in [-0.3, -0.25) is 4.79 Å². The van der Waals surface area contributed by atoms with Crippen LogP contribution in [0.15, 0.2) is 53.1 Å². The molecular formula is C23H22N6O4. The van der Waals surface area contributed by atoms with E-state index >= 15 is 0 Å². The van der Waals surface area contributed by atoms with Crippen LogP contribution in [0.2, 0.25) is 0 Å². The molecule has 0 bridgehead atoms. The fourth-order valence-corrected chi connectivity index (χ4v) is 3.88. The standard InChI is InChI=1S/C23H22N6O4/c30-22(24-16-13-32-14-16)19-12-18-20(33-19)21(28-8-10-31-11-9-28)26-23(25-18)29-7-6-17(27-29)15-4-2-1-3-5-15/h1-7,12,16H,8-11,13-14H2,(H,24,30). The van der Waals surface area contributed by atoms with Gasteiger partial charge in [-0.15, -0.1) is 0 Å². The molecule has 5 heterocycles. The predicted molar refractivity (Wildman–Crippen MR) is 119 cm³/mol. The summed E-state index contributed by atoms with van der Waals surface area (Å²) in [6.45, 7) is 3.55. The third-order valence-corrected chi connectivity index (χ3v) is 5.71. The van der Waals surface area contributed by atoms with E-state index < -0.39 is 0 Å². The quantitative estimate of drug-likeness (QED) is 0.496. The molecule has 1 N–H and O–H groups in total. The zero-order chi connectivity index (χ0) is 22.2. The highest BCUT2D eigenvalue weighted by molar-refractivity contribution is 5.97. The number of carbonyl (C=O) groups is 1. The molecular weight excluding hydrogens is 424 g/mol. The van der Waals surface area contributed by atoms with E-state index in [-0.39, 0.29) is 17.7 Å². The third kappa shape index (κ3) is 3.83. The molecule has 4 aromatic rings. The Hall–Kier alpha value is -3.76. The lowest BCUT2D eigenvalue weighted by molar-refractivity contribution is -0.00386. The number of aromatic nitrogens is 4. The maximum atomic E-state index is 12.7. The zero-order valence-electron chi connectivity index (χ0n) is 17.8. The minimum Gasteiger partial charge on any atom is -0.445 e. The van der Waals surface area contributed by atoms with Crippen molar-refractivity contribution in [2.45, 2.75) is 6.04 Å². The first-order valence-corrected chi connectivity index (χ1v) is 10.9. The van der Waals surface area contributed by atoms with Gasteiger partial charge in [-0.1, -0.05) is 30.3 Å². The number of rotatable bonds is 5. The molecule has 6 rings (SSSR count). The van der Waals surface area contributed by atoms with Crippen LogP contribution in [0.4, 0.5) is 5.82 Å². The summed E-state index contributed by atoms with van der Waals surface area (Å²) in [7, 11) is 0. The maximum absolute atomic E-state index is 12.7. The van der Waals surface area contributed by atoms with E-state index in [0.29, 0.717) is 62.4 Å². The summed E-state index contributed by atoms with van der Waals surface area (Å²) >= 11 is 0. The lowest BCUT2D eigenvalue weighted by atomic mass is 10.2. The summed E-state index contributed by atoms with van der Waals surface area (Å²) in [5, 5.41) is 7.57. The maximum Gasteiger partial charge on any atom is 0.287 e. The van der Waals surface area contributed by atoms with Crippen LogP contribution in [0.1, 0.15) is 10.6 Å². The van der Waals surface area contributed by atoms with Crippen molar-refractivity contribution >= 4 is 22.8 Å².